The Morgan fingerprint density at radius 2 is 2.13 bits per heavy atom. The lowest BCUT2D eigenvalue weighted by atomic mass is 10.0. The number of allylic oxidation sites excluding steroid dienone is 2. The third kappa shape index (κ3) is 9.00. The molecule has 0 spiro atoms. The molecule has 0 heterocycles. The molecule has 2 N–H and O–H groups in total. The molecule has 0 rings (SSSR count). The van der Waals surface area contributed by atoms with Crippen molar-refractivity contribution in [3.05, 3.63) is 11.6 Å². The number of ether oxygens (including phenoxy) is 1. The lowest BCUT2D eigenvalue weighted by molar-refractivity contribution is 0.138. The first-order valence-corrected chi connectivity index (χ1v) is 5.03. The zero-order valence-electron chi connectivity index (χ0n) is 9.54. The van der Waals surface area contributed by atoms with Gasteiger partial charge in [0.1, 0.15) is 0 Å². The Morgan fingerprint density at radius 1 is 1.53 bits per heavy atom. The fourth-order valence-corrected chi connectivity index (χ4v) is 1.22. The molecule has 4 heteroatoms. The maximum absolute atomic E-state index is 10.1. The average Bonchev–Trinajstić information content (AvgIpc) is 2.00. The Morgan fingerprint density at radius 3 is 2.60 bits per heavy atom. The van der Waals surface area contributed by atoms with Crippen LogP contribution in [0.25, 0.3) is 0 Å². The Labute approximate surface area is 90.5 Å². The van der Waals surface area contributed by atoms with E-state index >= 15 is 0 Å². The maximum Gasteiger partial charge on any atom is 0.512 e. The summed E-state index contributed by atoms with van der Waals surface area (Å²) in [5.74, 6) is 0.0969. The van der Waals surface area contributed by atoms with Crippen LogP contribution in [0.2, 0.25) is 0 Å². The first-order valence-electron chi connectivity index (χ1n) is 5.03. The second-order valence-electron chi connectivity index (χ2n) is 3.96. The van der Waals surface area contributed by atoms with Crippen molar-refractivity contribution in [2.45, 2.75) is 40.0 Å². The molecule has 1 atom stereocenters. The highest BCUT2D eigenvalue weighted by atomic mass is 16.7. The van der Waals surface area contributed by atoms with Crippen molar-refractivity contribution < 1.29 is 14.6 Å². The minimum Gasteiger partial charge on any atom is -0.449 e. The molecule has 0 fully saturated rings. The predicted octanol–water partition coefficient (Wildman–Crippen LogP) is 3.43. The van der Waals surface area contributed by atoms with Gasteiger partial charge in [-0.05, 0) is 32.6 Å². The van der Waals surface area contributed by atoms with Crippen molar-refractivity contribution >= 4 is 12.1 Å². The molecule has 0 aromatic carbocycles. The van der Waals surface area contributed by atoms with Crippen LogP contribution in [-0.2, 0) is 4.74 Å². The first kappa shape index (κ1) is 13.7. The van der Waals surface area contributed by atoms with Crippen LogP contribution in [-0.4, -0.2) is 17.2 Å². The van der Waals surface area contributed by atoms with Gasteiger partial charge in [0.15, 0.2) is 5.90 Å². The summed E-state index contributed by atoms with van der Waals surface area (Å²) in [6.07, 6.45) is 3.01. The highest BCUT2D eigenvalue weighted by Crippen LogP contribution is 2.12. The van der Waals surface area contributed by atoms with E-state index in [1.54, 1.807) is 0 Å². The van der Waals surface area contributed by atoms with E-state index in [9.17, 15) is 4.79 Å². The van der Waals surface area contributed by atoms with Gasteiger partial charge in [-0.1, -0.05) is 18.6 Å². The smallest absolute Gasteiger partial charge is 0.449 e. The number of hydrogen-bond acceptors (Lipinski definition) is 3. The van der Waals surface area contributed by atoms with Crippen molar-refractivity contribution in [3.63, 3.8) is 0 Å². The van der Waals surface area contributed by atoms with Gasteiger partial charge in [-0.2, -0.15) is 0 Å². The molecular weight excluding hydrogens is 194 g/mol. The molecule has 0 bridgehead atoms. The summed E-state index contributed by atoms with van der Waals surface area (Å²) >= 11 is 0. The summed E-state index contributed by atoms with van der Waals surface area (Å²) in [6.45, 7) is 6.07. The Bertz CT molecular complexity index is 255. The van der Waals surface area contributed by atoms with Gasteiger partial charge in [-0.15, -0.1) is 0 Å². The summed E-state index contributed by atoms with van der Waals surface area (Å²) in [5.41, 5.74) is 1.28. The summed E-state index contributed by atoms with van der Waals surface area (Å²) < 4.78 is 4.23. The topological polar surface area (TPSA) is 70.4 Å². The van der Waals surface area contributed by atoms with Crippen molar-refractivity contribution in [1.29, 1.82) is 5.41 Å². The molecule has 0 amide bonds. The van der Waals surface area contributed by atoms with Crippen molar-refractivity contribution in [3.8, 4) is 0 Å². The van der Waals surface area contributed by atoms with E-state index in [-0.39, 0.29) is 11.8 Å². The summed E-state index contributed by atoms with van der Waals surface area (Å²) in [6, 6.07) is 0. The third-order valence-corrected chi connectivity index (χ3v) is 1.96. The Hall–Kier alpha value is -1.32. The van der Waals surface area contributed by atoms with Crippen molar-refractivity contribution in [2.24, 2.45) is 5.92 Å². The van der Waals surface area contributed by atoms with E-state index in [4.69, 9.17) is 10.5 Å². The van der Waals surface area contributed by atoms with Crippen LogP contribution in [0, 0.1) is 11.3 Å². The average molecular weight is 213 g/mol. The van der Waals surface area contributed by atoms with E-state index in [1.807, 2.05) is 20.8 Å². The van der Waals surface area contributed by atoms with Gasteiger partial charge < -0.3 is 9.84 Å². The van der Waals surface area contributed by atoms with Crippen LogP contribution in [0.1, 0.15) is 40.0 Å². The predicted molar refractivity (Wildman–Crippen MR) is 59.3 cm³/mol. The molecule has 0 aliphatic rings. The number of nitrogens with one attached hydrogen (secondary N) is 1. The molecule has 0 radical (unpaired) electrons. The highest BCUT2D eigenvalue weighted by Gasteiger charge is 2.09. The van der Waals surface area contributed by atoms with E-state index in [0.29, 0.717) is 6.42 Å². The fraction of sp³-hybridized carbons (Fsp3) is 0.636. The van der Waals surface area contributed by atoms with Crippen LogP contribution in [0.15, 0.2) is 11.6 Å². The molecule has 1 unspecified atom stereocenters. The zero-order chi connectivity index (χ0) is 11.8. The van der Waals surface area contributed by atoms with E-state index in [2.05, 4.69) is 10.8 Å². The van der Waals surface area contributed by atoms with Crippen LogP contribution in [0.4, 0.5) is 4.79 Å². The van der Waals surface area contributed by atoms with Gasteiger partial charge in [0, 0.05) is 6.42 Å². The lowest BCUT2D eigenvalue weighted by Crippen LogP contribution is -2.12. The molecule has 0 aromatic heterocycles. The van der Waals surface area contributed by atoms with E-state index in [1.165, 1.54) is 5.57 Å². The van der Waals surface area contributed by atoms with Crippen LogP contribution >= 0.6 is 0 Å². The van der Waals surface area contributed by atoms with Gasteiger partial charge in [-0.3, -0.25) is 5.41 Å². The highest BCUT2D eigenvalue weighted by molar-refractivity contribution is 5.82. The SMILES string of the molecule is CC(C)=CCCC(C)CC(=N)OC(=O)O. The third-order valence-electron chi connectivity index (χ3n) is 1.96. The Kier molecular flexibility index (Phi) is 6.42. The molecule has 0 aliphatic carbocycles. The van der Waals surface area contributed by atoms with Crippen LogP contribution in [0.3, 0.4) is 0 Å². The van der Waals surface area contributed by atoms with Gasteiger partial charge in [0.05, 0.1) is 0 Å². The van der Waals surface area contributed by atoms with Crippen molar-refractivity contribution in [2.75, 3.05) is 0 Å². The normalized spacial score (nSPS) is 11.7. The summed E-state index contributed by atoms with van der Waals surface area (Å²) in [5, 5.41) is 15.5. The summed E-state index contributed by atoms with van der Waals surface area (Å²) in [4.78, 5) is 10.1. The minimum absolute atomic E-state index is 0.174. The molecule has 15 heavy (non-hydrogen) atoms. The molecular formula is C11H19NO3. The minimum atomic E-state index is -1.41. The number of hydrogen-bond donors (Lipinski definition) is 2. The molecule has 4 nitrogen and oxygen atoms in total. The molecule has 0 saturated heterocycles. The summed E-state index contributed by atoms with van der Waals surface area (Å²) in [7, 11) is 0. The van der Waals surface area contributed by atoms with Crippen LogP contribution < -0.4 is 0 Å². The second-order valence-corrected chi connectivity index (χ2v) is 3.96. The van der Waals surface area contributed by atoms with Gasteiger partial charge in [0.25, 0.3) is 0 Å². The first-order chi connectivity index (χ1) is 6.91. The van der Waals surface area contributed by atoms with Gasteiger partial charge >= 0.3 is 6.16 Å². The number of carbonyl (C=O) groups is 1. The fourth-order valence-electron chi connectivity index (χ4n) is 1.22. The van der Waals surface area contributed by atoms with E-state index in [0.717, 1.165) is 12.8 Å². The molecule has 0 aliphatic heterocycles. The van der Waals surface area contributed by atoms with Gasteiger partial charge in [-0.25, -0.2) is 4.79 Å². The molecule has 0 saturated carbocycles. The lowest BCUT2D eigenvalue weighted by Gasteiger charge is -2.09. The molecule has 86 valence electrons. The maximum atomic E-state index is 10.1. The van der Waals surface area contributed by atoms with Gasteiger partial charge in [0.2, 0.25) is 0 Å². The van der Waals surface area contributed by atoms with Crippen molar-refractivity contribution in [1.82, 2.24) is 0 Å². The number of carboxylic acid groups (broad SMARTS) is 1. The van der Waals surface area contributed by atoms with E-state index < -0.39 is 6.16 Å². The quantitative estimate of drug-likeness (QED) is 0.318. The largest absolute Gasteiger partial charge is 0.512 e. The Balaban J connectivity index is 3.73. The van der Waals surface area contributed by atoms with Crippen LogP contribution in [0.5, 0.6) is 0 Å². The number of rotatable bonds is 5. The monoisotopic (exact) mass is 213 g/mol. The second kappa shape index (κ2) is 7.04. The standard InChI is InChI=1S/C11H19NO3/c1-8(2)5-4-6-9(3)7-10(12)15-11(13)14/h5,9,12H,4,6-7H2,1-3H3,(H,13,14). The molecule has 0 aromatic rings. The zero-order valence-corrected chi connectivity index (χ0v) is 9.54.